The van der Waals surface area contributed by atoms with Crippen molar-refractivity contribution >= 4 is 11.7 Å². The Kier molecular flexibility index (Phi) is 5.56. The number of rotatable bonds is 6. The molecule has 0 aromatic carbocycles. The molecule has 0 bridgehead atoms. The van der Waals surface area contributed by atoms with Crippen molar-refractivity contribution in [3.05, 3.63) is 23.9 Å². The van der Waals surface area contributed by atoms with Crippen LogP contribution < -0.4 is 16.0 Å². The van der Waals surface area contributed by atoms with Crippen LogP contribution >= 0.6 is 0 Å². The van der Waals surface area contributed by atoms with E-state index < -0.39 is 0 Å². The molecule has 0 radical (unpaired) electrons. The predicted molar refractivity (Wildman–Crippen MR) is 85.1 cm³/mol. The number of hydrogen-bond acceptors (Lipinski definition) is 4. The van der Waals surface area contributed by atoms with E-state index in [4.69, 9.17) is 5.73 Å². The number of piperidine rings is 1. The Labute approximate surface area is 126 Å². The average Bonchev–Trinajstić information content (AvgIpc) is 2.48. The van der Waals surface area contributed by atoms with Gasteiger partial charge in [0.2, 0.25) is 5.91 Å². The highest BCUT2D eigenvalue weighted by Gasteiger charge is 2.21. The number of nitrogens with two attached hydrogens (primary N) is 1. The smallest absolute Gasteiger partial charge is 0.217 e. The molecule has 0 saturated carbocycles. The predicted octanol–water partition coefficient (Wildman–Crippen LogP) is 1.84. The molecule has 1 saturated heterocycles. The number of nitrogens with one attached hydrogen (secondary N) is 1. The van der Waals surface area contributed by atoms with E-state index in [0.717, 1.165) is 38.3 Å². The van der Waals surface area contributed by atoms with Gasteiger partial charge in [0.25, 0.3) is 0 Å². The Morgan fingerprint density at radius 1 is 1.48 bits per heavy atom. The van der Waals surface area contributed by atoms with Crippen LogP contribution in [0, 0.1) is 5.92 Å². The first-order valence-electron chi connectivity index (χ1n) is 7.82. The maximum absolute atomic E-state index is 11.0. The molecule has 2 rings (SSSR count). The second-order valence-corrected chi connectivity index (χ2v) is 5.83. The molecule has 2 heterocycles. The van der Waals surface area contributed by atoms with E-state index in [0.29, 0.717) is 18.4 Å². The quantitative estimate of drug-likeness (QED) is 0.838. The molecule has 1 unspecified atom stereocenters. The van der Waals surface area contributed by atoms with Crippen molar-refractivity contribution in [3.63, 3.8) is 0 Å². The zero-order chi connectivity index (χ0) is 15.2. The SMILES string of the molecule is CCNC(C)c1ccc(N2CCC(CC(N)=O)CC2)nc1. The summed E-state index contributed by atoms with van der Waals surface area (Å²) in [5, 5.41) is 3.39. The standard InChI is InChI=1S/C16H26N4O/c1-3-18-12(2)14-4-5-16(19-11-14)20-8-6-13(7-9-20)10-15(17)21/h4-5,11-13,18H,3,6-10H2,1-2H3,(H2,17,21). The van der Waals surface area contributed by atoms with Crippen molar-refractivity contribution in [1.82, 2.24) is 10.3 Å². The fraction of sp³-hybridized carbons (Fsp3) is 0.625. The number of carbonyl (C=O) groups excluding carboxylic acids is 1. The van der Waals surface area contributed by atoms with Crippen LogP contribution in [0.4, 0.5) is 5.82 Å². The molecule has 3 N–H and O–H groups in total. The Morgan fingerprint density at radius 3 is 2.71 bits per heavy atom. The van der Waals surface area contributed by atoms with E-state index in [9.17, 15) is 4.79 Å². The lowest BCUT2D eigenvalue weighted by molar-refractivity contribution is -0.119. The van der Waals surface area contributed by atoms with Crippen LogP contribution in [0.3, 0.4) is 0 Å². The van der Waals surface area contributed by atoms with Gasteiger partial charge in [0.15, 0.2) is 0 Å². The summed E-state index contributed by atoms with van der Waals surface area (Å²) in [7, 11) is 0. The van der Waals surface area contributed by atoms with Gasteiger partial charge in [0.05, 0.1) is 0 Å². The second-order valence-electron chi connectivity index (χ2n) is 5.83. The van der Waals surface area contributed by atoms with Gasteiger partial charge in [-0.15, -0.1) is 0 Å². The van der Waals surface area contributed by atoms with Gasteiger partial charge in [0.1, 0.15) is 5.82 Å². The number of carbonyl (C=O) groups is 1. The average molecular weight is 290 g/mol. The van der Waals surface area contributed by atoms with Crippen LogP contribution in [0.1, 0.15) is 44.7 Å². The van der Waals surface area contributed by atoms with Crippen LogP contribution in [-0.2, 0) is 4.79 Å². The highest BCUT2D eigenvalue weighted by molar-refractivity contribution is 5.74. The summed E-state index contributed by atoms with van der Waals surface area (Å²) in [6.07, 6.45) is 4.50. The van der Waals surface area contributed by atoms with Crippen molar-refractivity contribution < 1.29 is 4.79 Å². The van der Waals surface area contributed by atoms with Gasteiger partial charge in [0, 0.05) is 31.7 Å². The van der Waals surface area contributed by atoms with Crippen LogP contribution in [0.5, 0.6) is 0 Å². The lowest BCUT2D eigenvalue weighted by Gasteiger charge is -2.32. The first-order chi connectivity index (χ1) is 10.1. The van der Waals surface area contributed by atoms with E-state index in [1.807, 2.05) is 6.20 Å². The summed E-state index contributed by atoms with van der Waals surface area (Å²) in [4.78, 5) is 17.8. The van der Waals surface area contributed by atoms with Crippen molar-refractivity contribution in [2.45, 2.75) is 39.2 Å². The summed E-state index contributed by atoms with van der Waals surface area (Å²) in [6.45, 7) is 7.11. The molecular formula is C16H26N4O. The third kappa shape index (κ3) is 4.43. The normalized spacial score (nSPS) is 17.7. The second kappa shape index (κ2) is 7.41. The minimum Gasteiger partial charge on any atom is -0.370 e. The molecule has 0 spiro atoms. The van der Waals surface area contributed by atoms with Gasteiger partial charge in [-0.2, -0.15) is 0 Å². The molecule has 1 atom stereocenters. The van der Waals surface area contributed by atoms with Crippen LogP contribution in [0.15, 0.2) is 18.3 Å². The van der Waals surface area contributed by atoms with E-state index in [1.165, 1.54) is 5.56 Å². The first kappa shape index (κ1) is 15.8. The maximum atomic E-state index is 11.0. The lowest BCUT2D eigenvalue weighted by Crippen LogP contribution is -2.35. The first-order valence-corrected chi connectivity index (χ1v) is 7.82. The summed E-state index contributed by atoms with van der Waals surface area (Å²) < 4.78 is 0. The highest BCUT2D eigenvalue weighted by atomic mass is 16.1. The van der Waals surface area contributed by atoms with Gasteiger partial charge < -0.3 is 16.0 Å². The summed E-state index contributed by atoms with van der Waals surface area (Å²) in [6, 6.07) is 4.57. The number of pyridine rings is 1. The summed E-state index contributed by atoms with van der Waals surface area (Å²) >= 11 is 0. The van der Waals surface area contributed by atoms with Gasteiger partial charge in [-0.25, -0.2) is 4.98 Å². The minimum absolute atomic E-state index is 0.187. The molecule has 5 heteroatoms. The number of amides is 1. The van der Waals surface area contributed by atoms with Crippen molar-refractivity contribution in [2.75, 3.05) is 24.5 Å². The zero-order valence-electron chi connectivity index (χ0n) is 13.0. The van der Waals surface area contributed by atoms with Crippen molar-refractivity contribution in [3.8, 4) is 0 Å². The van der Waals surface area contributed by atoms with E-state index >= 15 is 0 Å². The van der Waals surface area contributed by atoms with Gasteiger partial charge in [-0.3, -0.25) is 4.79 Å². The largest absolute Gasteiger partial charge is 0.370 e. The third-order valence-electron chi connectivity index (χ3n) is 4.21. The molecule has 1 aromatic heterocycles. The van der Waals surface area contributed by atoms with E-state index in [1.54, 1.807) is 0 Å². The molecule has 5 nitrogen and oxygen atoms in total. The molecule has 1 aliphatic heterocycles. The van der Waals surface area contributed by atoms with Crippen molar-refractivity contribution in [2.24, 2.45) is 11.7 Å². The van der Waals surface area contributed by atoms with Gasteiger partial charge in [-0.1, -0.05) is 13.0 Å². The van der Waals surface area contributed by atoms with Crippen LogP contribution in [0.25, 0.3) is 0 Å². The van der Waals surface area contributed by atoms with Gasteiger partial charge >= 0.3 is 0 Å². The Bertz CT molecular complexity index is 452. The number of anilines is 1. The molecule has 1 aliphatic rings. The topological polar surface area (TPSA) is 71.2 Å². The molecule has 21 heavy (non-hydrogen) atoms. The molecule has 1 amide bonds. The van der Waals surface area contributed by atoms with Crippen molar-refractivity contribution in [1.29, 1.82) is 0 Å². The third-order valence-corrected chi connectivity index (χ3v) is 4.21. The van der Waals surface area contributed by atoms with Crippen LogP contribution in [0.2, 0.25) is 0 Å². The van der Waals surface area contributed by atoms with E-state index in [2.05, 4.69) is 41.2 Å². The minimum atomic E-state index is -0.187. The highest BCUT2D eigenvalue weighted by Crippen LogP contribution is 2.24. The summed E-state index contributed by atoms with van der Waals surface area (Å²) in [5.41, 5.74) is 6.48. The lowest BCUT2D eigenvalue weighted by atomic mass is 9.93. The fourth-order valence-electron chi connectivity index (χ4n) is 2.92. The molecule has 1 fully saturated rings. The van der Waals surface area contributed by atoms with Gasteiger partial charge in [-0.05, 0) is 43.9 Å². The molecule has 0 aliphatic carbocycles. The Balaban J connectivity index is 1.90. The number of aromatic nitrogens is 1. The monoisotopic (exact) mass is 290 g/mol. The molecule has 116 valence electrons. The zero-order valence-corrected chi connectivity index (χ0v) is 13.0. The van der Waals surface area contributed by atoms with Crippen LogP contribution in [-0.4, -0.2) is 30.5 Å². The Hall–Kier alpha value is -1.62. The number of nitrogens with zero attached hydrogens (tertiary/aromatic N) is 2. The van der Waals surface area contributed by atoms with E-state index in [-0.39, 0.29) is 5.91 Å². The number of primary amides is 1. The Morgan fingerprint density at radius 2 is 2.19 bits per heavy atom. The fourth-order valence-corrected chi connectivity index (χ4v) is 2.92. The summed E-state index contributed by atoms with van der Waals surface area (Å²) in [5.74, 6) is 1.28. The number of hydrogen-bond donors (Lipinski definition) is 2. The molecule has 1 aromatic rings. The molecular weight excluding hydrogens is 264 g/mol. The maximum Gasteiger partial charge on any atom is 0.217 e.